The largest absolute Gasteiger partial charge is 0.449 e. The van der Waals surface area contributed by atoms with Crippen LogP contribution >= 0.6 is 11.6 Å². The Hall–Kier alpha value is -2.83. The molecule has 168 valence electrons. The van der Waals surface area contributed by atoms with Crippen molar-refractivity contribution < 1.29 is 14.3 Å². The minimum atomic E-state index is -0.385. The van der Waals surface area contributed by atoms with E-state index in [1.165, 1.54) is 32.1 Å². The Morgan fingerprint density at radius 2 is 2.00 bits per heavy atom. The second-order valence-electron chi connectivity index (χ2n) is 8.33. The van der Waals surface area contributed by atoms with Crippen LogP contribution in [0.3, 0.4) is 0 Å². The SMILES string of the molecule is CN(CCNC(=O)c1ccc2c(c1)NC(=O)C(=Cc1ccccc1Cl)O2)C1CCCCC1. The third kappa shape index (κ3) is 5.31. The topological polar surface area (TPSA) is 70.7 Å². The first-order chi connectivity index (χ1) is 15.5. The summed E-state index contributed by atoms with van der Waals surface area (Å²) >= 11 is 6.17. The van der Waals surface area contributed by atoms with E-state index in [0.717, 1.165) is 6.54 Å². The highest BCUT2D eigenvalue weighted by molar-refractivity contribution is 6.32. The first-order valence-electron chi connectivity index (χ1n) is 11.1. The molecule has 1 saturated carbocycles. The smallest absolute Gasteiger partial charge is 0.291 e. The number of nitrogens with one attached hydrogen (secondary N) is 2. The maximum absolute atomic E-state index is 12.6. The molecule has 0 aromatic heterocycles. The van der Waals surface area contributed by atoms with E-state index >= 15 is 0 Å². The zero-order valence-corrected chi connectivity index (χ0v) is 19.0. The number of carbonyl (C=O) groups excluding carboxylic acids is 2. The summed E-state index contributed by atoms with van der Waals surface area (Å²) in [6.45, 7) is 1.40. The average Bonchev–Trinajstić information content (AvgIpc) is 2.81. The van der Waals surface area contributed by atoms with Crippen molar-refractivity contribution in [2.75, 3.05) is 25.5 Å². The maximum atomic E-state index is 12.6. The van der Waals surface area contributed by atoms with Gasteiger partial charge in [0, 0.05) is 29.7 Å². The quantitative estimate of drug-likeness (QED) is 0.621. The zero-order chi connectivity index (χ0) is 22.5. The van der Waals surface area contributed by atoms with Crippen molar-refractivity contribution >= 4 is 35.2 Å². The number of carbonyl (C=O) groups is 2. The van der Waals surface area contributed by atoms with Crippen molar-refractivity contribution in [3.8, 4) is 5.75 Å². The highest BCUT2D eigenvalue weighted by Crippen LogP contribution is 2.33. The van der Waals surface area contributed by atoms with Gasteiger partial charge in [0.2, 0.25) is 0 Å². The first kappa shape index (κ1) is 22.4. The summed E-state index contributed by atoms with van der Waals surface area (Å²) in [6.07, 6.45) is 7.99. The van der Waals surface area contributed by atoms with Crippen LogP contribution in [0.1, 0.15) is 48.0 Å². The summed E-state index contributed by atoms with van der Waals surface area (Å²) in [7, 11) is 2.13. The Morgan fingerprint density at radius 3 is 2.78 bits per heavy atom. The summed E-state index contributed by atoms with van der Waals surface area (Å²) in [5.41, 5.74) is 1.64. The lowest BCUT2D eigenvalue weighted by Crippen LogP contribution is -2.39. The van der Waals surface area contributed by atoms with Gasteiger partial charge in [-0.25, -0.2) is 0 Å². The van der Waals surface area contributed by atoms with Gasteiger partial charge in [0.25, 0.3) is 11.8 Å². The molecule has 2 aliphatic rings. The van der Waals surface area contributed by atoms with Gasteiger partial charge in [-0.2, -0.15) is 0 Å². The Kier molecular flexibility index (Phi) is 7.12. The van der Waals surface area contributed by atoms with Crippen LogP contribution in [-0.2, 0) is 4.79 Å². The monoisotopic (exact) mass is 453 g/mol. The zero-order valence-electron chi connectivity index (χ0n) is 18.2. The average molecular weight is 454 g/mol. The number of amides is 2. The number of hydrogen-bond donors (Lipinski definition) is 2. The predicted octanol–water partition coefficient (Wildman–Crippen LogP) is 4.71. The highest BCUT2D eigenvalue weighted by Gasteiger charge is 2.24. The molecule has 6 nitrogen and oxygen atoms in total. The van der Waals surface area contributed by atoms with Gasteiger partial charge >= 0.3 is 0 Å². The summed E-state index contributed by atoms with van der Waals surface area (Å²) in [4.78, 5) is 27.4. The van der Waals surface area contributed by atoms with Crippen LogP contribution in [0.4, 0.5) is 5.69 Å². The second kappa shape index (κ2) is 10.2. The summed E-state index contributed by atoms with van der Waals surface area (Å²) in [5.74, 6) is 0.0746. The van der Waals surface area contributed by atoms with Gasteiger partial charge < -0.3 is 20.3 Å². The Labute approximate surface area is 193 Å². The molecule has 2 amide bonds. The molecule has 1 aliphatic carbocycles. The van der Waals surface area contributed by atoms with E-state index in [1.807, 2.05) is 12.1 Å². The molecule has 0 bridgehead atoms. The van der Waals surface area contributed by atoms with Crippen LogP contribution in [0.25, 0.3) is 6.08 Å². The van der Waals surface area contributed by atoms with Gasteiger partial charge in [0.05, 0.1) is 5.69 Å². The van der Waals surface area contributed by atoms with Gasteiger partial charge in [-0.3, -0.25) is 9.59 Å². The van der Waals surface area contributed by atoms with Crippen molar-refractivity contribution in [3.05, 3.63) is 64.4 Å². The van der Waals surface area contributed by atoms with Crippen LogP contribution in [-0.4, -0.2) is 42.9 Å². The van der Waals surface area contributed by atoms with Crippen molar-refractivity contribution in [1.82, 2.24) is 10.2 Å². The van der Waals surface area contributed by atoms with Crippen LogP contribution in [0, 0.1) is 0 Å². The van der Waals surface area contributed by atoms with E-state index in [0.29, 0.717) is 40.2 Å². The molecule has 2 N–H and O–H groups in total. The summed E-state index contributed by atoms with van der Waals surface area (Å²) < 4.78 is 5.77. The van der Waals surface area contributed by atoms with Crippen molar-refractivity contribution in [2.24, 2.45) is 0 Å². The minimum Gasteiger partial charge on any atom is -0.449 e. The molecule has 0 saturated heterocycles. The van der Waals surface area contributed by atoms with E-state index in [1.54, 1.807) is 36.4 Å². The van der Waals surface area contributed by atoms with Gasteiger partial charge in [-0.15, -0.1) is 0 Å². The summed E-state index contributed by atoms with van der Waals surface area (Å²) in [6, 6.07) is 12.9. The van der Waals surface area contributed by atoms with Gasteiger partial charge in [-0.1, -0.05) is 49.1 Å². The fourth-order valence-corrected chi connectivity index (χ4v) is 4.38. The number of fused-ring (bicyclic) bond motifs is 1. The molecule has 0 atom stereocenters. The van der Waals surface area contributed by atoms with Crippen molar-refractivity contribution in [2.45, 2.75) is 38.1 Å². The highest BCUT2D eigenvalue weighted by atomic mass is 35.5. The van der Waals surface area contributed by atoms with E-state index in [2.05, 4.69) is 22.6 Å². The number of anilines is 1. The van der Waals surface area contributed by atoms with Crippen LogP contribution in [0.5, 0.6) is 5.75 Å². The number of nitrogens with zero attached hydrogens (tertiary/aromatic N) is 1. The Bertz CT molecular complexity index is 1030. The fraction of sp³-hybridized carbons (Fsp3) is 0.360. The predicted molar refractivity (Wildman–Crippen MR) is 127 cm³/mol. The molecular formula is C25H28ClN3O3. The van der Waals surface area contributed by atoms with Crippen LogP contribution in [0.2, 0.25) is 5.02 Å². The van der Waals surface area contributed by atoms with Crippen molar-refractivity contribution in [3.63, 3.8) is 0 Å². The number of halogens is 1. The molecule has 32 heavy (non-hydrogen) atoms. The number of likely N-dealkylation sites (N-methyl/N-ethyl adjacent to an activating group) is 1. The number of benzene rings is 2. The number of ether oxygens (including phenoxy) is 1. The Morgan fingerprint density at radius 1 is 1.22 bits per heavy atom. The molecular weight excluding hydrogens is 426 g/mol. The molecule has 0 spiro atoms. The molecule has 1 heterocycles. The van der Waals surface area contributed by atoms with Gasteiger partial charge in [-0.05, 0) is 55.8 Å². The van der Waals surface area contributed by atoms with Gasteiger partial charge in [0.1, 0.15) is 0 Å². The summed E-state index contributed by atoms with van der Waals surface area (Å²) in [5, 5.41) is 6.30. The number of rotatable bonds is 6. The molecule has 2 aromatic carbocycles. The molecule has 7 heteroatoms. The van der Waals surface area contributed by atoms with Gasteiger partial charge in [0.15, 0.2) is 11.5 Å². The van der Waals surface area contributed by atoms with E-state index in [4.69, 9.17) is 16.3 Å². The Balaban J connectivity index is 1.37. The molecule has 1 aliphatic heterocycles. The van der Waals surface area contributed by atoms with E-state index < -0.39 is 0 Å². The lowest BCUT2D eigenvalue weighted by Gasteiger charge is -2.31. The minimum absolute atomic E-state index is 0.147. The van der Waals surface area contributed by atoms with E-state index in [9.17, 15) is 9.59 Å². The lowest BCUT2D eigenvalue weighted by molar-refractivity contribution is -0.115. The number of hydrogen-bond acceptors (Lipinski definition) is 4. The first-order valence-corrected chi connectivity index (χ1v) is 11.5. The lowest BCUT2D eigenvalue weighted by atomic mass is 9.94. The molecule has 1 fully saturated rings. The fourth-order valence-electron chi connectivity index (χ4n) is 4.19. The molecule has 0 radical (unpaired) electrons. The molecule has 2 aromatic rings. The second-order valence-corrected chi connectivity index (χ2v) is 8.73. The third-order valence-electron chi connectivity index (χ3n) is 6.07. The molecule has 0 unspecified atom stereocenters. The van der Waals surface area contributed by atoms with E-state index in [-0.39, 0.29) is 17.6 Å². The van der Waals surface area contributed by atoms with Crippen LogP contribution in [0.15, 0.2) is 48.2 Å². The maximum Gasteiger partial charge on any atom is 0.291 e. The third-order valence-corrected chi connectivity index (χ3v) is 6.42. The van der Waals surface area contributed by atoms with Crippen LogP contribution < -0.4 is 15.4 Å². The molecule has 4 rings (SSSR count). The normalized spacial score (nSPS) is 17.6. The van der Waals surface area contributed by atoms with Crippen molar-refractivity contribution in [1.29, 1.82) is 0 Å². The standard InChI is InChI=1S/C25H28ClN3O3/c1-29(19-8-3-2-4-9-19)14-13-27-24(30)18-11-12-22-21(15-18)28-25(31)23(32-22)16-17-7-5-6-10-20(17)26/h5-7,10-12,15-16,19H,2-4,8-9,13-14H2,1H3,(H,27,30)(H,28,31).